The first-order valence-electron chi connectivity index (χ1n) is 8.30. The highest BCUT2D eigenvalue weighted by Crippen LogP contribution is 2.27. The van der Waals surface area contributed by atoms with Crippen LogP contribution in [0.25, 0.3) is 16.5 Å². The van der Waals surface area contributed by atoms with Gasteiger partial charge in [-0.3, -0.25) is 4.99 Å². The van der Waals surface area contributed by atoms with E-state index in [2.05, 4.69) is 80.2 Å². The van der Waals surface area contributed by atoms with E-state index in [1.165, 1.54) is 27.5 Å². The predicted octanol–water partition coefficient (Wildman–Crippen LogP) is 6.11. The van der Waals surface area contributed by atoms with Crippen molar-refractivity contribution in [1.29, 1.82) is 0 Å². The molecule has 3 rings (SSSR count). The quantitative estimate of drug-likeness (QED) is 0.604. The maximum absolute atomic E-state index is 4.27. The Kier molecular flexibility index (Phi) is 4.57. The molecule has 1 aliphatic carbocycles. The normalized spacial score (nSPS) is 15.3. The van der Waals surface area contributed by atoms with Gasteiger partial charge in [-0.1, -0.05) is 49.4 Å². The van der Waals surface area contributed by atoms with Crippen molar-refractivity contribution in [3.05, 3.63) is 76.9 Å². The standard InChI is InChI=1S/C22H23N/c1-4-17-9-10-20-14-21(12-11-19(20)13-17)22(23-3)15-18-8-6-5-7-16(18)2/h7-15H,3-6H2,1-2H3/b22-15-. The number of aryl methyl sites for hydroxylation is 1. The van der Waals surface area contributed by atoms with Crippen molar-refractivity contribution in [2.45, 2.75) is 33.1 Å². The van der Waals surface area contributed by atoms with Crippen molar-refractivity contribution < 1.29 is 0 Å². The van der Waals surface area contributed by atoms with E-state index in [1.54, 1.807) is 0 Å². The minimum Gasteiger partial charge on any atom is -0.264 e. The Hall–Kier alpha value is -2.41. The molecule has 0 aliphatic heterocycles. The highest BCUT2D eigenvalue weighted by molar-refractivity contribution is 5.87. The van der Waals surface area contributed by atoms with E-state index in [1.807, 2.05) is 0 Å². The Labute approximate surface area is 138 Å². The summed E-state index contributed by atoms with van der Waals surface area (Å²) in [5.41, 5.74) is 6.02. The van der Waals surface area contributed by atoms with Crippen LogP contribution in [-0.2, 0) is 6.42 Å². The Morgan fingerprint density at radius 2 is 1.83 bits per heavy atom. The number of allylic oxidation sites excluding steroid dienone is 5. The lowest BCUT2D eigenvalue weighted by molar-refractivity contribution is 1.00. The third-order valence-electron chi connectivity index (χ3n) is 4.51. The maximum Gasteiger partial charge on any atom is 0.0700 e. The van der Waals surface area contributed by atoms with E-state index in [4.69, 9.17) is 0 Å². The third-order valence-corrected chi connectivity index (χ3v) is 4.51. The molecule has 116 valence electrons. The zero-order chi connectivity index (χ0) is 16.2. The van der Waals surface area contributed by atoms with Gasteiger partial charge < -0.3 is 0 Å². The van der Waals surface area contributed by atoms with Crippen LogP contribution >= 0.6 is 0 Å². The van der Waals surface area contributed by atoms with E-state index >= 15 is 0 Å². The summed E-state index contributed by atoms with van der Waals surface area (Å²) in [5, 5.41) is 2.53. The van der Waals surface area contributed by atoms with Crippen LogP contribution in [0.4, 0.5) is 0 Å². The number of nitrogens with zero attached hydrogens (tertiary/aromatic N) is 1. The highest BCUT2D eigenvalue weighted by Gasteiger charge is 2.06. The molecule has 0 unspecified atom stereocenters. The number of hydrogen-bond acceptors (Lipinski definition) is 1. The molecule has 0 spiro atoms. The summed E-state index contributed by atoms with van der Waals surface area (Å²) in [6.07, 6.45) is 10.0. The second kappa shape index (κ2) is 6.78. The molecule has 0 N–H and O–H groups in total. The van der Waals surface area contributed by atoms with Crippen LogP contribution in [0.1, 0.15) is 37.8 Å². The Balaban J connectivity index is 2.01. The van der Waals surface area contributed by atoms with Crippen LogP contribution in [0, 0.1) is 0 Å². The first kappa shape index (κ1) is 15.5. The monoisotopic (exact) mass is 301 g/mol. The molecule has 0 saturated carbocycles. The summed E-state index contributed by atoms with van der Waals surface area (Å²) in [6.45, 7) is 8.12. The molecule has 2 aromatic rings. The van der Waals surface area contributed by atoms with Crippen molar-refractivity contribution >= 4 is 23.2 Å². The van der Waals surface area contributed by atoms with E-state index in [-0.39, 0.29) is 0 Å². The molecule has 0 bridgehead atoms. The molecular formula is C22H23N. The molecule has 23 heavy (non-hydrogen) atoms. The number of rotatable bonds is 4. The minimum atomic E-state index is 0.937. The van der Waals surface area contributed by atoms with Crippen molar-refractivity contribution in [2.75, 3.05) is 0 Å². The van der Waals surface area contributed by atoms with Crippen LogP contribution < -0.4 is 0 Å². The van der Waals surface area contributed by atoms with E-state index in [0.29, 0.717) is 0 Å². The van der Waals surface area contributed by atoms with Crippen molar-refractivity contribution in [1.82, 2.24) is 0 Å². The van der Waals surface area contributed by atoms with Gasteiger partial charge in [0.1, 0.15) is 0 Å². The molecule has 0 amide bonds. The van der Waals surface area contributed by atoms with Gasteiger partial charge in [-0.05, 0) is 72.5 Å². The maximum atomic E-state index is 4.27. The van der Waals surface area contributed by atoms with Gasteiger partial charge in [0.25, 0.3) is 0 Å². The van der Waals surface area contributed by atoms with Gasteiger partial charge in [-0.15, -0.1) is 0 Å². The van der Waals surface area contributed by atoms with Gasteiger partial charge in [0.2, 0.25) is 0 Å². The summed E-state index contributed by atoms with van der Waals surface area (Å²) >= 11 is 0. The number of benzene rings is 2. The average molecular weight is 301 g/mol. The lowest BCUT2D eigenvalue weighted by Gasteiger charge is -2.11. The molecule has 1 nitrogen and oxygen atoms in total. The smallest absolute Gasteiger partial charge is 0.0700 e. The van der Waals surface area contributed by atoms with Gasteiger partial charge in [0.05, 0.1) is 5.70 Å². The molecule has 0 aromatic heterocycles. The molecule has 0 heterocycles. The first-order chi connectivity index (χ1) is 11.2. The van der Waals surface area contributed by atoms with Gasteiger partial charge in [-0.25, -0.2) is 0 Å². The van der Waals surface area contributed by atoms with Gasteiger partial charge >= 0.3 is 0 Å². The Morgan fingerprint density at radius 3 is 2.57 bits per heavy atom. The van der Waals surface area contributed by atoms with E-state index in [0.717, 1.165) is 30.5 Å². The van der Waals surface area contributed by atoms with Crippen LogP contribution in [0.15, 0.2) is 70.8 Å². The zero-order valence-electron chi connectivity index (χ0n) is 14.0. The second-order valence-electron chi connectivity index (χ2n) is 6.06. The molecule has 0 atom stereocenters. The van der Waals surface area contributed by atoms with Crippen LogP contribution in [-0.4, -0.2) is 6.72 Å². The zero-order valence-corrected chi connectivity index (χ0v) is 14.0. The third kappa shape index (κ3) is 3.34. The first-order valence-corrected chi connectivity index (χ1v) is 8.30. The van der Waals surface area contributed by atoms with Gasteiger partial charge in [0.15, 0.2) is 0 Å². The van der Waals surface area contributed by atoms with Gasteiger partial charge in [-0.2, -0.15) is 0 Å². The lowest BCUT2D eigenvalue weighted by atomic mass is 9.96. The van der Waals surface area contributed by atoms with Gasteiger partial charge in [0, 0.05) is 5.56 Å². The van der Waals surface area contributed by atoms with Crippen molar-refractivity contribution in [3.8, 4) is 0 Å². The van der Waals surface area contributed by atoms with Crippen LogP contribution in [0.5, 0.6) is 0 Å². The molecule has 0 radical (unpaired) electrons. The Morgan fingerprint density at radius 1 is 1.09 bits per heavy atom. The van der Waals surface area contributed by atoms with Crippen molar-refractivity contribution in [2.24, 2.45) is 4.99 Å². The minimum absolute atomic E-state index is 0.937. The summed E-state index contributed by atoms with van der Waals surface area (Å²) in [4.78, 5) is 4.27. The van der Waals surface area contributed by atoms with E-state index in [9.17, 15) is 0 Å². The second-order valence-corrected chi connectivity index (χ2v) is 6.06. The topological polar surface area (TPSA) is 12.4 Å². The highest BCUT2D eigenvalue weighted by atomic mass is 14.7. The number of aliphatic imine (C=N–C) groups is 1. The summed E-state index contributed by atoms with van der Waals surface area (Å²) < 4.78 is 0. The molecular weight excluding hydrogens is 278 g/mol. The molecule has 1 heteroatoms. The molecule has 1 aliphatic rings. The fourth-order valence-electron chi connectivity index (χ4n) is 3.03. The Bertz CT molecular complexity index is 834. The molecule has 0 saturated heterocycles. The number of hydrogen-bond donors (Lipinski definition) is 0. The van der Waals surface area contributed by atoms with Crippen molar-refractivity contribution in [3.63, 3.8) is 0 Å². The molecule has 2 aromatic carbocycles. The average Bonchev–Trinajstić information content (AvgIpc) is 2.60. The van der Waals surface area contributed by atoms with E-state index < -0.39 is 0 Å². The lowest BCUT2D eigenvalue weighted by Crippen LogP contribution is -1.91. The fraction of sp³-hybridized carbons (Fsp3) is 0.227. The summed E-state index contributed by atoms with van der Waals surface area (Å²) in [5.74, 6) is 0. The predicted molar refractivity (Wildman–Crippen MR) is 102 cm³/mol. The van der Waals surface area contributed by atoms with Crippen LogP contribution in [0.2, 0.25) is 0 Å². The van der Waals surface area contributed by atoms with Crippen LogP contribution in [0.3, 0.4) is 0 Å². The summed E-state index contributed by atoms with van der Waals surface area (Å²) in [7, 11) is 0. The number of fused-ring (bicyclic) bond motifs is 1. The SMILES string of the molecule is C=N/C(=C\C1=CCCC=C1C)c1ccc2cc(CC)ccc2c1. The fourth-order valence-corrected chi connectivity index (χ4v) is 3.03. The largest absolute Gasteiger partial charge is 0.264 e. The molecule has 0 fully saturated rings. The summed E-state index contributed by atoms with van der Waals surface area (Å²) in [6, 6.07) is 13.2.